The molecule has 30 heavy (non-hydrogen) atoms. The van der Waals surface area contributed by atoms with Crippen molar-refractivity contribution in [3.8, 4) is 0 Å². The molecule has 0 atom stereocenters. The van der Waals surface area contributed by atoms with E-state index in [4.69, 9.17) is 9.72 Å². The molecule has 5 heteroatoms. The van der Waals surface area contributed by atoms with Crippen LogP contribution >= 0.6 is 11.3 Å². The Morgan fingerprint density at radius 2 is 1.83 bits per heavy atom. The molecule has 0 saturated carbocycles. The van der Waals surface area contributed by atoms with Crippen LogP contribution in [0.5, 0.6) is 0 Å². The average Bonchev–Trinajstić information content (AvgIpc) is 3.20. The minimum atomic E-state index is -0.450. The summed E-state index contributed by atoms with van der Waals surface area (Å²) >= 11 is 1.72. The third-order valence-corrected chi connectivity index (χ3v) is 6.32. The molecule has 2 aromatic carbocycles. The van der Waals surface area contributed by atoms with E-state index < -0.39 is 5.60 Å². The summed E-state index contributed by atoms with van der Waals surface area (Å²) in [5.74, 6) is 0.411. The second-order valence-corrected chi connectivity index (χ2v) is 9.64. The van der Waals surface area contributed by atoms with Crippen molar-refractivity contribution >= 4 is 40.4 Å². The number of likely N-dealkylation sites (tertiary alicyclic amines) is 1. The Kier molecular flexibility index (Phi) is 5.91. The van der Waals surface area contributed by atoms with Crippen molar-refractivity contribution in [2.45, 2.75) is 45.1 Å². The van der Waals surface area contributed by atoms with Crippen molar-refractivity contribution in [2.75, 3.05) is 13.1 Å². The van der Waals surface area contributed by atoms with Crippen LogP contribution in [0.2, 0.25) is 0 Å². The Bertz CT molecular complexity index is 1050. The number of hydrogen-bond donors (Lipinski definition) is 0. The number of aromatic nitrogens is 1. The van der Waals surface area contributed by atoms with E-state index in [1.807, 2.05) is 25.7 Å². The Morgan fingerprint density at radius 1 is 1.10 bits per heavy atom. The van der Waals surface area contributed by atoms with Crippen LogP contribution in [0.3, 0.4) is 0 Å². The van der Waals surface area contributed by atoms with E-state index in [0.29, 0.717) is 5.92 Å². The Labute approximate surface area is 182 Å². The summed E-state index contributed by atoms with van der Waals surface area (Å²) in [7, 11) is 0. The monoisotopic (exact) mass is 420 g/mol. The number of benzene rings is 2. The molecule has 0 N–H and O–H groups in total. The molecule has 2 heterocycles. The van der Waals surface area contributed by atoms with Gasteiger partial charge in [0.1, 0.15) is 5.60 Å². The number of thiazole rings is 1. The van der Waals surface area contributed by atoms with Gasteiger partial charge in [-0.05, 0) is 56.0 Å². The van der Waals surface area contributed by atoms with Crippen LogP contribution in [0.25, 0.3) is 22.9 Å². The van der Waals surface area contributed by atoms with Crippen molar-refractivity contribution < 1.29 is 9.53 Å². The quantitative estimate of drug-likeness (QED) is 0.480. The molecule has 0 bridgehead atoms. The zero-order chi connectivity index (χ0) is 21.1. The molecule has 156 valence electrons. The number of nitrogens with zero attached hydrogens (tertiary/aromatic N) is 2. The summed E-state index contributed by atoms with van der Waals surface area (Å²) in [6, 6.07) is 14.8. The lowest BCUT2D eigenvalue weighted by Gasteiger charge is -2.32. The summed E-state index contributed by atoms with van der Waals surface area (Å²) in [6.07, 6.45) is 5.89. The highest BCUT2D eigenvalue weighted by Crippen LogP contribution is 2.31. The van der Waals surface area contributed by atoms with Gasteiger partial charge in [-0.2, -0.15) is 0 Å². The van der Waals surface area contributed by atoms with Crippen LogP contribution in [0.15, 0.2) is 47.8 Å². The number of ether oxygens (including phenoxy) is 1. The lowest BCUT2D eigenvalue weighted by Crippen LogP contribution is -2.41. The predicted octanol–water partition coefficient (Wildman–Crippen LogP) is 6.58. The van der Waals surface area contributed by atoms with Crippen LogP contribution in [0.4, 0.5) is 4.79 Å². The van der Waals surface area contributed by atoms with Gasteiger partial charge in [-0.1, -0.05) is 48.5 Å². The van der Waals surface area contributed by atoms with E-state index in [1.54, 1.807) is 11.3 Å². The van der Waals surface area contributed by atoms with Gasteiger partial charge in [0.05, 0.1) is 10.7 Å². The maximum absolute atomic E-state index is 12.3. The molecule has 1 fully saturated rings. The van der Waals surface area contributed by atoms with Crippen molar-refractivity contribution in [1.82, 2.24) is 9.88 Å². The molecule has 0 unspecified atom stereocenters. The number of rotatable bonds is 3. The number of fused-ring (bicyclic) bond motifs is 1. The molecular formula is C25H28N2O2S. The first-order valence-corrected chi connectivity index (χ1v) is 11.4. The molecule has 4 rings (SSSR count). The van der Waals surface area contributed by atoms with Crippen molar-refractivity contribution in [3.63, 3.8) is 0 Å². The van der Waals surface area contributed by atoms with E-state index in [9.17, 15) is 4.79 Å². The highest BCUT2D eigenvalue weighted by molar-refractivity contribution is 7.09. The van der Waals surface area contributed by atoms with E-state index in [1.165, 1.54) is 16.3 Å². The predicted molar refractivity (Wildman–Crippen MR) is 125 cm³/mol. The van der Waals surface area contributed by atoms with Gasteiger partial charge in [0.25, 0.3) is 0 Å². The summed E-state index contributed by atoms with van der Waals surface area (Å²) in [4.78, 5) is 18.9. The Hall–Kier alpha value is -2.66. The highest BCUT2D eigenvalue weighted by Gasteiger charge is 2.28. The summed E-state index contributed by atoms with van der Waals surface area (Å²) in [6.45, 7) is 7.15. The standard InChI is InChI=1S/C25H28N2O2S/c1-25(2,3)29-24(28)27-15-13-20(14-16-27)23-26-21(17-30-23)12-11-19-9-6-8-18-7-4-5-10-22(18)19/h4-12,17,20H,13-16H2,1-3H3. The third kappa shape index (κ3) is 4.90. The molecule has 4 nitrogen and oxygen atoms in total. The zero-order valence-corrected chi connectivity index (χ0v) is 18.6. The lowest BCUT2D eigenvalue weighted by atomic mass is 9.98. The molecule has 0 radical (unpaired) electrons. The zero-order valence-electron chi connectivity index (χ0n) is 17.8. The topological polar surface area (TPSA) is 42.4 Å². The van der Waals surface area contributed by atoms with Crippen LogP contribution in [0.1, 0.15) is 55.8 Å². The van der Waals surface area contributed by atoms with Gasteiger partial charge in [-0.25, -0.2) is 9.78 Å². The molecule has 1 aliphatic rings. The summed E-state index contributed by atoms with van der Waals surface area (Å²) in [5.41, 5.74) is 1.75. The number of carbonyl (C=O) groups excluding carboxylic acids is 1. The first kappa shape index (κ1) is 20.6. The fourth-order valence-electron chi connectivity index (χ4n) is 3.77. The van der Waals surface area contributed by atoms with Crippen LogP contribution in [-0.4, -0.2) is 34.7 Å². The molecule has 0 aliphatic carbocycles. The number of piperidine rings is 1. The van der Waals surface area contributed by atoms with Gasteiger partial charge in [0, 0.05) is 24.4 Å². The first-order chi connectivity index (χ1) is 14.4. The van der Waals surface area contributed by atoms with Crippen LogP contribution < -0.4 is 0 Å². The van der Waals surface area contributed by atoms with E-state index in [-0.39, 0.29) is 6.09 Å². The van der Waals surface area contributed by atoms with E-state index in [0.717, 1.165) is 36.6 Å². The van der Waals surface area contributed by atoms with Crippen LogP contribution in [-0.2, 0) is 4.74 Å². The van der Waals surface area contributed by atoms with Crippen LogP contribution in [0, 0.1) is 0 Å². The van der Waals surface area contributed by atoms with Gasteiger partial charge in [-0.15, -0.1) is 11.3 Å². The minimum absolute atomic E-state index is 0.209. The van der Waals surface area contributed by atoms with Gasteiger partial charge in [0.15, 0.2) is 0 Å². The van der Waals surface area contributed by atoms with Gasteiger partial charge >= 0.3 is 6.09 Å². The molecule has 3 aromatic rings. The van der Waals surface area contributed by atoms with Crippen molar-refractivity contribution in [1.29, 1.82) is 0 Å². The SMILES string of the molecule is CC(C)(C)OC(=O)N1CCC(c2nc(C=Cc3cccc4ccccc34)cs2)CC1. The van der Waals surface area contributed by atoms with Gasteiger partial charge in [-0.3, -0.25) is 0 Å². The number of amides is 1. The molecular weight excluding hydrogens is 392 g/mol. The number of carbonyl (C=O) groups is 1. The summed E-state index contributed by atoms with van der Waals surface area (Å²) < 4.78 is 5.49. The number of hydrogen-bond acceptors (Lipinski definition) is 4. The fourth-order valence-corrected chi connectivity index (χ4v) is 4.73. The van der Waals surface area contributed by atoms with Crippen molar-refractivity contribution in [3.05, 3.63) is 64.1 Å². The van der Waals surface area contributed by atoms with Crippen molar-refractivity contribution in [2.24, 2.45) is 0 Å². The molecule has 1 amide bonds. The first-order valence-electron chi connectivity index (χ1n) is 10.5. The smallest absolute Gasteiger partial charge is 0.410 e. The highest BCUT2D eigenvalue weighted by atomic mass is 32.1. The minimum Gasteiger partial charge on any atom is -0.444 e. The average molecular weight is 421 g/mol. The molecule has 1 aliphatic heterocycles. The van der Waals surface area contributed by atoms with Gasteiger partial charge < -0.3 is 9.64 Å². The maximum Gasteiger partial charge on any atom is 0.410 e. The largest absolute Gasteiger partial charge is 0.444 e. The normalized spacial score (nSPS) is 15.8. The summed E-state index contributed by atoms with van der Waals surface area (Å²) in [5, 5.41) is 5.78. The Morgan fingerprint density at radius 3 is 2.60 bits per heavy atom. The molecule has 0 spiro atoms. The van der Waals surface area contributed by atoms with Gasteiger partial charge in [0.2, 0.25) is 0 Å². The second kappa shape index (κ2) is 8.60. The third-order valence-electron chi connectivity index (χ3n) is 5.29. The fraction of sp³-hybridized carbons (Fsp3) is 0.360. The lowest BCUT2D eigenvalue weighted by molar-refractivity contribution is 0.0205. The Balaban J connectivity index is 1.39. The molecule has 1 saturated heterocycles. The van der Waals surface area contributed by atoms with E-state index >= 15 is 0 Å². The second-order valence-electron chi connectivity index (χ2n) is 8.75. The maximum atomic E-state index is 12.3. The van der Waals surface area contributed by atoms with E-state index in [2.05, 4.69) is 60.0 Å². The molecule has 1 aromatic heterocycles.